The number of nitrogens with zero attached hydrogens (tertiary/aromatic N) is 1. The summed E-state index contributed by atoms with van der Waals surface area (Å²) in [5.74, 6) is 0. The van der Waals surface area contributed by atoms with Gasteiger partial charge in [-0.3, -0.25) is 4.98 Å². The molecule has 13 heavy (non-hydrogen) atoms. The van der Waals surface area contributed by atoms with Gasteiger partial charge >= 0.3 is 0 Å². The molecule has 0 fully saturated rings. The van der Waals surface area contributed by atoms with Crippen LogP contribution in [0.5, 0.6) is 0 Å². The van der Waals surface area contributed by atoms with Crippen LogP contribution in [-0.4, -0.2) is 9.41 Å². The fourth-order valence-electron chi connectivity index (χ4n) is 0.834. The van der Waals surface area contributed by atoms with Gasteiger partial charge in [0.1, 0.15) is 0 Å². The van der Waals surface area contributed by atoms with Crippen molar-refractivity contribution >= 4 is 22.6 Å². The molecule has 0 aliphatic heterocycles. The average Bonchev–Trinajstić information content (AvgIpc) is 2.22. The van der Waals surface area contributed by atoms with Crippen LogP contribution in [0.1, 0.15) is 32.6 Å². The van der Waals surface area contributed by atoms with E-state index in [1.165, 1.54) is 30.1 Å². The summed E-state index contributed by atoms with van der Waals surface area (Å²) in [7, 11) is 0. The van der Waals surface area contributed by atoms with Gasteiger partial charge in [-0.25, -0.2) is 0 Å². The number of alkyl halides is 1. The van der Waals surface area contributed by atoms with Gasteiger partial charge in [0.2, 0.25) is 0 Å². The first kappa shape index (κ1) is 12.9. The molecule has 0 N–H and O–H groups in total. The van der Waals surface area contributed by atoms with Crippen molar-refractivity contribution in [2.45, 2.75) is 32.6 Å². The number of rotatable bonds is 4. The Morgan fingerprint density at radius 3 is 2.00 bits per heavy atom. The molecule has 0 saturated heterocycles. The molecule has 0 amide bonds. The molecule has 0 spiro atoms. The maximum Gasteiger partial charge on any atom is 0.0267 e. The lowest BCUT2D eigenvalue weighted by molar-refractivity contribution is 0.710. The molecule has 2 heteroatoms. The Morgan fingerprint density at radius 1 is 1.00 bits per heavy atom. The van der Waals surface area contributed by atoms with Crippen molar-refractivity contribution in [3.63, 3.8) is 0 Å². The average molecular weight is 291 g/mol. The molecule has 1 rings (SSSR count). The fourth-order valence-corrected chi connectivity index (χ4v) is 1.37. The molecule has 1 aromatic rings. The van der Waals surface area contributed by atoms with Crippen LogP contribution >= 0.6 is 22.6 Å². The Kier molecular flexibility index (Phi) is 11.8. The minimum Gasteiger partial charge on any atom is -0.265 e. The SMILES string of the molecule is CCCCCCI.c1ccncc1. The molecule has 0 aliphatic carbocycles. The van der Waals surface area contributed by atoms with E-state index in [0.717, 1.165) is 0 Å². The van der Waals surface area contributed by atoms with Crippen LogP contribution in [-0.2, 0) is 0 Å². The quantitative estimate of drug-likeness (QED) is 0.462. The fraction of sp³-hybridized carbons (Fsp3) is 0.545. The largest absolute Gasteiger partial charge is 0.265 e. The van der Waals surface area contributed by atoms with Crippen molar-refractivity contribution in [3.05, 3.63) is 30.6 Å². The van der Waals surface area contributed by atoms with Crippen molar-refractivity contribution in [2.24, 2.45) is 0 Å². The molecule has 1 aromatic heterocycles. The van der Waals surface area contributed by atoms with Crippen molar-refractivity contribution < 1.29 is 0 Å². The standard InChI is InChI=1S/C6H13I.C5H5N/c1-2-3-4-5-6-7;1-2-4-6-5-3-1/h2-6H2,1H3;1-5H. The minimum absolute atomic E-state index is 1.33. The van der Waals surface area contributed by atoms with Crippen LogP contribution in [0.4, 0.5) is 0 Å². The van der Waals surface area contributed by atoms with E-state index in [2.05, 4.69) is 34.5 Å². The highest BCUT2D eigenvalue weighted by Gasteiger charge is 1.81. The van der Waals surface area contributed by atoms with E-state index in [1.807, 2.05) is 18.2 Å². The molecule has 0 radical (unpaired) electrons. The topological polar surface area (TPSA) is 12.9 Å². The number of hydrogen-bond acceptors (Lipinski definition) is 1. The zero-order chi connectivity index (χ0) is 9.78. The van der Waals surface area contributed by atoms with E-state index in [1.54, 1.807) is 12.4 Å². The first-order chi connectivity index (χ1) is 6.41. The lowest BCUT2D eigenvalue weighted by Gasteiger charge is -1.89. The summed E-state index contributed by atoms with van der Waals surface area (Å²) >= 11 is 2.43. The third-order valence-corrected chi connectivity index (χ3v) is 2.32. The Balaban J connectivity index is 0.000000223. The van der Waals surface area contributed by atoms with Crippen molar-refractivity contribution in [2.75, 3.05) is 4.43 Å². The summed E-state index contributed by atoms with van der Waals surface area (Å²) in [6, 6.07) is 5.72. The van der Waals surface area contributed by atoms with Gasteiger partial charge in [-0.15, -0.1) is 0 Å². The minimum atomic E-state index is 1.33. The van der Waals surface area contributed by atoms with Gasteiger partial charge in [-0.1, -0.05) is 54.8 Å². The molecular formula is C11H18IN. The molecule has 0 atom stereocenters. The van der Waals surface area contributed by atoms with Crippen LogP contribution in [0.25, 0.3) is 0 Å². The number of aromatic nitrogens is 1. The first-order valence-electron chi connectivity index (χ1n) is 4.82. The lowest BCUT2D eigenvalue weighted by Crippen LogP contribution is -1.73. The highest BCUT2D eigenvalue weighted by atomic mass is 127. The summed E-state index contributed by atoms with van der Waals surface area (Å²) in [4.78, 5) is 3.78. The van der Waals surface area contributed by atoms with E-state index in [-0.39, 0.29) is 0 Å². The number of unbranched alkanes of at least 4 members (excludes halogenated alkanes) is 3. The van der Waals surface area contributed by atoms with E-state index in [0.29, 0.717) is 0 Å². The molecule has 0 unspecified atom stereocenters. The Bertz CT molecular complexity index is 134. The van der Waals surface area contributed by atoms with Crippen molar-refractivity contribution in [1.82, 2.24) is 4.98 Å². The van der Waals surface area contributed by atoms with Gasteiger partial charge in [0.25, 0.3) is 0 Å². The maximum atomic E-state index is 3.78. The summed E-state index contributed by atoms with van der Waals surface area (Å²) in [6.07, 6.45) is 9.12. The van der Waals surface area contributed by atoms with E-state index >= 15 is 0 Å². The normalized spacial score (nSPS) is 8.77. The van der Waals surface area contributed by atoms with Gasteiger partial charge in [0, 0.05) is 12.4 Å². The number of hydrogen-bond donors (Lipinski definition) is 0. The van der Waals surface area contributed by atoms with Gasteiger partial charge in [-0.05, 0) is 23.0 Å². The molecule has 0 saturated carbocycles. The summed E-state index contributed by atoms with van der Waals surface area (Å²) in [5.41, 5.74) is 0. The second-order valence-electron chi connectivity index (χ2n) is 2.77. The summed E-state index contributed by atoms with van der Waals surface area (Å²) < 4.78 is 1.33. The van der Waals surface area contributed by atoms with Crippen LogP contribution in [0.15, 0.2) is 30.6 Å². The third kappa shape index (κ3) is 11.9. The Hall–Kier alpha value is -0.120. The smallest absolute Gasteiger partial charge is 0.0267 e. The second-order valence-corrected chi connectivity index (χ2v) is 3.85. The van der Waals surface area contributed by atoms with E-state index < -0.39 is 0 Å². The van der Waals surface area contributed by atoms with Crippen molar-refractivity contribution in [1.29, 1.82) is 0 Å². The molecule has 74 valence electrons. The predicted octanol–water partition coefficient (Wildman–Crippen LogP) is 4.08. The zero-order valence-corrected chi connectivity index (χ0v) is 10.4. The third-order valence-electron chi connectivity index (χ3n) is 1.55. The zero-order valence-electron chi connectivity index (χ0n) is 8.25. The van der Waals surface area contributed by atoms with Crippen LogP contribution in [0.2, 0.25) is 0 Å². The molecule has 0 bridgehead atoms. The summed E-state index contributed by atoms with van der Waals surface area (Å²) in [6.45, 7) is 2.24. The number of pyridine rings is 1. The van der Waals surface area contributed by atoms with Gasteiger partial charge in [0.05, 0.1) is 0 Å². The van der Waals surface area contributed by atoms with Crippen LogP contribution in [0.3, 0.4) is 0 Å². The van der Waals surface area contributed by atoms with E-state index in [4.69, 9.17) is 0 Å². The summed E-state index contributed by atoms with van der Waals surface area (Å²) in [5, 5.41) is 0. The molecule has 1 heterocycles. The molecule has 0 aromatic carbocycles. The van der Waals surface area contributed by atoms with Crippen LogP contribution < -0.4 is 0 Å². The van der Waals surface area contributed by atoms with Crippen molar-refractivity contribution in [3.8, 4) is 0 Å². The number of halogens is 1. The van der Waals surface area contributed by atoms with E-state index in [9.17, 15) is 0 Å². The highest BCUT2D eigenvalue weighted by molar-refractivity contribution is 14.1. The van der Waals surface area contributed by atoms with Gasteiger partial charge in [-0.2, -0.15) is 0 Å². The maximum absolute atomic E-state index is 3.78. The molecule has 1 nitrogen and oxygen atoms in total. The monoisotopic (exact) mass is 291 g/mol. The van der Waals surface area contributed by atoms with Crippen LogP contribution in [0, 0.1) is 0 Å². The second kappa shape index (κ2) is 11.9. The Labute approximate surface area is 95.1 Å². The molecule has 0 aliphatic rings. The highest BCUT2D eigenvalue weighted by Crippen LogP contribution is 2.00. The Morgan fingerprint density at radius 2 is 1.69 bits per heavy atom. The van der Waals surface area contributed by atoms with Gasteiger partial charge < -0.3 is 0 Å². The van der Waals surface area contributed by atoms with Gasteiger partial charge in [0.15, 0.2) is 0 Å². The molecular weight excluding hydrogens is 273 g/mol. The first-order valence-corrected chi connectivity index (χ1v) is 6.35. The predicted molar refractivity (Wildman–Crippen MR) is 67.3 cm³/mol. The lowest BCUT2D eigenvalue weighted by atomic mass is 10.2.